The Kier molecular flexibility index (Phi) is 3.89. The fourth-order valence-electron chi connectivity index (χ4n) is 2.27. The van der Waals surface area contributed by atoms with Gasteiger partial charge < -0.3 is 14.5 Å². The maximum atomic E-state index is 5.84. The second-order valence-electron chi connectivity index (χ2n) is 5.00. The molecule has 0 saturated heterocycles. The van der Waals surface area contributed by atoms with Crippen molar-refractivity contribution in [3.8, 4) is 5.75 Å². The van der Waals surface area contributed by atoms with E-state index in [1.54, 1.807) is 0 Å². The maximum absolute atomic E-state index is 5.84. The van der Waals surface area contributed by atoms with Gasteiger partial charge in [0.05, 0.1) is 12.2 Å². The van der Waals surface area contributed by atoms with Crippen molar-refractivity contribution in [1.29, 1.82) is 0 Å². The number of anilines is 1. The van der Waals surface area contributed by atoms with Crippen LogP contribution in [0.2, 0.25) is 0 Å². The van der Waals surface area contributed by atoms with Crippen LogP contribution in [0.5, 0.6) is 5.75 Å². The van der Waals surface area contributed by atoms with Gasteiger partial charge in [-0.2, -0.15) is 0 Å². The summed E-state index contributed by atoms with van der Waals surface area (Å²) < 4.78 is 5.84. The van der Waals surface area contributed by atoms with E-state index in [1.165, 1.54) is 12.1 Å². The molecule has 0 spiro atoms. The van der Waals surface area contributed by atoms with Crippen molar-refractivity contribution in [1.82, 2.24) is 4.90 Å². The number of fused-ring (bicyclic) bond motifs is 1. The molecule has 1 heterocycles. The Morgan fingerprint density at radius 1 is 1.35 bits per heavy atom. The molecule has 0 radical (unpaired) electrons. The van der Waals surface area contributed by atoms with Crippen molar-refractivity contribution in [2.75, 3.05) is 38.6 Å². The molecule has 0 aromatic heterocycles. The number of hydrogen-bond acceptors (Lipinski definition) is 3. The SMILES string of the molecule is CC1CN(CCCN(C)C)c2ccccc2O1. The monoisotopic (exact) mass is 234 g/mol. The molecule has 0 bridgehead atoms. The van der Waals surface area contributed by atoms with Gasteiger partial charge in [0.15, 0.2) is 0 Å². The lowest BCUT2D eigenvalue weighted by molar-refractivity contribution is 0.212. The van der Waals surface area contributed by atoms with Crippen molar-refractivity contribution in [3.63, 3.8) is 0 Å². The molecule has 0 amide bonds. The first-order chi connectivity index (χ1) is 8.16. The minimum atomic E-state index is 0.282. The lowest BCUT2D eigenvalue weighted by Gasteiger charge is -2.35. The molecule has 0 N–H and O–H groups in total. The minimum absolute atomic E-state index is 0.282. The molecule has 1 aromatic carbocycles. The molecule has 3 nitrogen and oxygen atoms in total. The first kappa shape index (κ1) is 12.2. The van der Waals surface area contributed by atoms with Gasteiger partial charge in [0.1, 0.15) is 11.9 Å². The summed E-state index contributed by atoms with van der Waals surface area (Å²) in [4.78, 5) is 4.67. The average molecular weight is 234 g/mol. The predicted octanol–water partition coefficient (Wildman–Crippen LogP) is 2.23. The van der Waals surface area contributed by atoms with Gasteiger partial charge in [0.2, 0.25) is 0 Å². The predicted molar refractivity (Wildman–Crippen MR) is 71.9 cm³/mol. The van der Waals surface area contributed by atoms with Crippen LogP contribution in [0.3, 0.4) is 0 Å². The van der Waals surface area contributed by atoms with Crippen LogP contribution in [0.4, 0.5) is 5.69 Å². The lowest BCUT2D eigenvalue weighted by atomic mass is 10.2. The molecule has 0 aliphatic carbocycles. The molecule has 0 fully saturated rings. The van der Waals surface area contributed by atoms with Crippen molar-refractivity contribution in [2.45, 2.75) is 19.4 Å². The quantitative estimate of drug-likeness (QED) is 0.794. The summed E-state index contributed by atoms with van der Waals surface area (Å²) in [7, 11) is 4.24. The molecule has 1 aromatic rings. The number of benzene rings is 1. The Bertz CT molecular complexity index is 365. The highest BCUT2D eigenvalue weighted by Crippen LogP contribution is 2.32. The van der Waals surface area contributed by atoms with E-state index in [4.69, 9.17) is 4.74 Å². The van der Waals surface area contributed by atoms with E-state index in [-0.39, 0.29) is 6.10 Å². The summed E-state index contributed by atoms with van der Waals surface area (Å²) in [5, 5.41) is 0. The number of nitrogens with zero attached hydrogens (tertiary/aromatic N) is 2. The molecule has 1 atom stereocenters. The van der Waals surface area contributed by atoms with Gasteiger partial charge in [0, 0.05) is 6.54 Å². The standard InChI is InChI=1S/C14H22N2O/c1-12-11-16(10-6-9-15(2)3)13-7-4-5-8-14(13)17-12/h4-5,7-8,12H,6,9-11H2,1-3H3. The maximum Gasteiger partial charge on any atom is 0.143 e. The fraction of sp³-hybridized carbons (Fsp3) is 0.571. The highest BCUT2D eigenvalue weighted by Gasteiger charge is 2.21. The van der Waals surface area contributed by atoms with Crippen molar-refractivity contribution in [2.24, 2.45) is 0 Å². The van der Waals surface area contributed by atoms with Crippen molar-refractivity contribution in [3.05, 3.63) is 24.3 Å². The summed E-state index contributed by atoms with van der Waals surface area (Å²) in [5.41, 5.74) is 1.24. The van der Waals surface area contributed by atoms with E-state index >= 15 is 0 Å². The topological polar surface area (TPSA) is 15.7 Å². The van der Waals surface area contributed by atoms with Crippen LogP contribution in [-0.2, 0) is 0 Å². The van der Waals surface area contributed by atoms with Crippen molar-refractivity contribution < 1.29 is 4.74 Å². The van der Waals surface area contributed by atoms with Crippen LogP contribution < -0.4 is 9.64 Å². The Balaban J connectivity index is 2.02. The molecule has 1 aliphatic heterocycles. The van der Waals surface area contributed by atoms with Crippen LogP contribution in [0.1, 0.15) is 13.3 Å². The Hall–Kier alpha value is -1.22. The van der Waals surface area contributed by atoms with Gasteiger partial charge in [-0.25, -0.2) is 0 Å². The molecule has 1 aliphatic rings. The second-order valence-corrected chi connectivity index (χ2v) is 5.00. The molecular weight excluding hydrogens is 212 g/mol. The summed E-state index contributed by atoms with van der Waals surface area (Å²) in [5.74, 6) is 1.02. The number of hydrogen-bond donors (Lipinski definition) is 0. The largest absolute Gasteiger partial charge is 0.487 e. The van der Waals surface area contributed by atoms with Gasteiger partial charge in [-0.15, -0.1) is 0 Å². The van der Waals surface area contributed by atoms with E-state index < -0.39 is 0 Å². The molecule has 1 unspecified atom stereocenters. The van der Waals surface area contributed by atoms with Crippen LogP contribution in [0.25, 0.3) is 0 Å². The third-order valence-corrected chi connectivity index (χ3v) is 3.04. The van der Waals surface area contributed by atoms with E-state index in [0.29, 0.717) is 0 Å². The molecular formula is C14H22N2O. The molecule has 3 heteroatoms. The van der Waals surface area contributed by atoms with Gasteiger partial charge in [-0.05, 0) is 46.1 Å². The first-order valence-corrected chi connectivity index (χ1v) is 6.32. The highest BCUT2D eigenvalue weighted by molar-refractivity contribution is 5.59. The third-order valence-electron chi connectivity index (χ3n) is 3.04. The average Bonchev–Trinajstić information content (AvgIpc) is 2.28. The first-order valence-electron chi connectivity index (χ1n) is 6.32. The van der Waals surface area contributed by atoms with Crippen LogP contribution in [0, 0.1) is 0 Å². The van der Waals surface area contributed by atoms with E-state index in [1.807, 2.05) is 6.07 Å². The third kappa shape index (κ3) is 3.13. The molecule has 2 rings (SSSR count). The normalized spacial score (nSPS) is 19.1. The minimum Gasteiger partial charge on any atom is -0.487 e. The lowest BCUT2D eigenvalue weighted by Crippen LogP contribution is -2.39. The van der Waals surface area contributed by atoms with Gasteiger partial charge >= 0.3 is 0 Å². The van der Waals surface area contributed by atoms with Crippen LogP contribution >= 0.6 is 0 Å². The van der Waals surface area contributed by atoms with E-state index in [0.717, 1.165) is 25.4 Å². The Morgan fingerprint density at radius 3 is 2.88 bits per heavy atom. The zero-order chi connectivity index (χ0) is 12.3. The molecule has 0 saturated carbocycles. The van der Waals surface area contributed by atoms with Gasteiger partial charge in [0.25, 0.3) is 0 Å². The number of rotatable bonds is 4. The zero-order valence-corrected chi connectivity index (χ0v) is 11.0. The van der Waals surface area contributed by atoms with E-state index in [2.05, 4.69) is 49.0 Å². The number of ether oxygens (including phenoxy) is 1. The zero-order valence-electron chi connectivity index (χ0n) is 11.0. The van der Waals surface area contributed by atoms with E-state index in [9.17, 15) is 0 Å². The summed E-state index contributed by atoms with van der Waals surface area (Å²) >= 11 is 0. The Labute approximate surface area is 104 Å². The highest BCUT2D eigenvalue weighted by atomic mass is 16.5. The van der Waals surface area contributed by atoms with Gasteiger partial charge in [-0.1, -0.05) is 12.1 Å². The summed E-state index contributed by atoms with van der Waals surface area (Å²) in [6.07, 6.45) is 1.47. The number of para-hydroxylation sites is 2. The van der Waals surface area contributed by atoms with Gasteiger partial charge in [-0.3, -0.25) is 0 Å². The second kappa shape index (κ2) is 5.41. The summed E-state index contributed by atoms with van der Waals surface area (Å²) in [6, 6.07) is 8.33. The molecule has 94 valence electrons. The molecule has 17 heavy (non-hydrogen) atoms. The van der Waals surface area contributed by atoms with Crippen LogP contribution in [-0.4, -0.2) is 44.7 Å². The smallest absolute Gasteiger partial charge is 0.143 e. The summed E-state index contributed by atoms with van der Waals surface area (Å²) in [6.45, 7) is 5.36. The van der Waals surface area contributed by atoms with Crippen molar-refractivity contribution >= 4 is 5.69 Å². The fourth-order valence-corrected chi connectivity index (χ4v) is 2.27. The Morgan fingerprint density at radius 2 is 2.12 bits per heavy atom. The van der Waals surface area contributed by atoms with Crippen LogP contribution in [0.15, 0.2) is 24.3 Å².